The van der Waals surface area contributed by atoms with Gasteiger partial charge in [-0.05, 0) is 25.6 Å². The van der Waals surface area contributed by atoms with Crippen LogP contribution in [0.5, 0.6) is 0 Å². The van der Waals surface area contributed by atoms with E-state index in [1.54, 1.807) is 25.1 Å². The molecule has 0 aromatic heterocycles. The summed E-state index contributed by atoms with van der Waals surface area (Å²) in [6.07, 6.45) is 3.14. The number of hydrazone groups is 1. The first-order valence-electron chi connectivity index (χ1n) is 5.59. The minimum Gasteiger partial charge on any atom is -0.450 e. The second-order valence-electron chi connectivity index (χ2n) is 3.55. The molecule has 1 atom stereocenters. The largest absolute Gasteiger partial charge is 0.450 e. The molecule has 1 rings (SSSR count). The number of amidine groups is 1. The Hall–Kier alpha value is -1.63. The molecule has 1 aliphatic heterocycles. The van der Waals surface area contributed by atoms with Crippen LogP contribution in [0.15, 0.2) is 29.0 Å². The van der Waals surface area contributed by atoms with Crippen molar-refractivity contribution in [2.75, 3.05) is 13.7 Å². The van der Waals surface area contributed by atoms with Gasteiger partial charge in [-0.25, -0.2) is 4.79 Å². The molecule has 18 heavy (non-hydrogen) atoms. The fraction of sp³-hybridized carbons (Fsp3) is 0.455. The molecule has 1 unspecified atom stereocenters. The van der Waals surface area contributed by atoms with E-state index in [-0.39, 0.29) is 6.04 Å². The first kappa shape index (κ1) is 14.4. The van der Waals surface area contributed by atoms with Crippen LogP contribution < -0.4 is 10.6 Å². The molecule has 1 heterocycles. The van der Waals surface area contributed by atoms with Crippen molar-refractivity contribution >= 4 is 23.0 Å². The number of thioether (sulfide) groups is 1. The van der Waals surface area contributed by atoms with Crippen LogP contribution in [0, 0.1) is 0 Å². The monoisotopic (exact) mass is 270 g/mol. The molecule has 0 aromatic rings. The Balaban J connectivity index is 2.50. The molecule has 0 spiro atoms. The maximum Gasteiger partial charge on any atom is 0.413 e. The third-order valence-electron chi connectivity index (χ3n) is 2.07. The highest BCUT2D eigenvalue weighted by atomic mass is 32.2. The third kappa shape index (κ3) is 4.33. The van der Waals surface area contributed by atoms with Crippen LogP contribution in [0.25, 0.3) is 0 Å². The van der Waals surface area contributed by atoms with E-state index in [0.717, 1.165) is 5.03 Å². The van der Waals surface area contributed by atoms with Crippen molar-refractivity contribution in [1.29, 1.82) is 0 Å². The summed E-state index contributed by atoms with van der Waals surface area (Å²) in [6, 6.07) is 0.175. The Bertz CT molecular complexity index is 381. The van der Waals surface area contributed by atoms with E-state index in [2.05, 4.69) is 22.3 Å². The van der Waals surface area contributed by atoms with Gasteiger partial charge < -0.3 is 10.1 Å². The Labute approximate surface area is 111 Å². The molecule has 1 aliphatic rings. The summed E-state index contributed by atoms with van der Waals surface area (Å²) in [4.78, 5) is 11.2. The van der Waals surface area contributed by atoms with Crippen molar-refractivity contribution in [1.82, 2.24) is 15.6 Å². The van der Waals surface area contributed by atoms with Gasteiger partial charge >= 0.3 is 6.09 Å². The SMILES string of the molecule is C=CC(C)N/C=C1\SC(NC(=O)OCC)=NN1C. The van der Waals surface area contributed by atoms with Gasteiger partial charge in [0.05, 0.1) is 6.61 Å². The van der Waals surface area contributed by atoms with Gasteiger partial charge in [0.2, 0.25) is 0 Å². The summed E-state index contributed by atoms with van der Waals surface area (Å²) in [7, 11) is 1.80. The zero-order valence-corrected chi connectivity index (χ0v) is 11.6. The lowest BCUT2D eigenvalue weighted by Crippen LogP contribution is -2.28. The average molecular weight is 270 g/mol. The number of hydrogen-bond donors (Lipinski definition) is 2. The Kier molecular flexibility index (Phi) is 5.57. The van der Waals surface area contributed by atoms with Crippen molar-refractivity contribution in [2.45, 2.75) is 19.9 Å². The standard InChI is InChI=1S/C11H18N4O2S/c1-5-8(3)12-7-9-15(4)14-10(18-9)13-11(16)17-6-2/h5,7-8,12H,1,6H2,2-4H3,(H,13,14,16)/b9-7-. The third-order valence-corrected chi connectivity index (χ3v) is 3.04. The zero-order chi connectivity index (χ0) is 13.5. The number of rotatable bonds is 4. The van der Waals surface area contributed by atoms with Crippen LogP contribution >= 0.6 is 11.8 Å². The molecule has 6 nitrogen and oxygen atoms in total. The highest BCUT2D eigenvalue weighted by Gasteiger charge is 2.20. The van der Waals surface area contributed by atoms with Gasteiger partial charge in [-0.2, -0.15) is 0 Å². The van der Waals surface area contributed by atoms with Gasteiger partial charge in [-0.15, -0.1) is 11.7 Å². The van der Waals surface area contributed by atoms with Crippen LogP contribution in [0.2, 0.25) is 0 Å². The minimum atomic E-state index is -0.495. The molecular formula is C11H18N4O2S. The van der Waals surface area contributed by atoms with Gasteiger partial charge in [0, 0.05) is 19.3 Å². The molecule has 100 valence electrons. The van der Waals surface area contributed by atoms with Crippen LogP contribution in [0.4, 0.5) is 4.79 Å². The van der Waals surface area contributed by atoms with Crippen molar-refractivity contribution in [3.63, 3.8) is 0 Å². The maximum atomic E-state index is 11.2. The smallest absolute Gasteiger partial charge is 0.413 e. The van der Waals surface area contributed by atoms with Gasteiger partial charge in [-0.1, -0.05) is 6.08 Å². The van der Waals surface area contributed by atoms with Crippen LogP contribution in [0.3, 0.4) is 0 Å². The van der Waals surface area contributed by atoms with Crippen LogP contribution in [-0.2, 0) is 4.74 Å². The van der Waals surface area contributed by atoms with E-state index in [1.807, 2.05) is 13.1 Å². The number of nitrogens with zero attached hydrogens (tertiary/aromatic N) is 2. The maximum absolute atomic E-state index is 11.2. The molecular weight excluding hydrogens is 252 g/mol. The normalized spacial score (nSPS) is 18.3. The van der Waals surface area contributed by atoms with Crippen molar-refractivity contribution in [3.8, 4) is 0 Å². The predicted molar refractivity (Wildman–Crippen MR) is 73.8 cm³/mol. The number of carbonyl (C=O) groups is 1. The molecule has 0 saturated carbocycles. The number of hydrogen-bond acceptors (Lipinski definition) is 6. The second-order valence-corrected chi connectivity index (χ2v) is 4.56. The quantitative estimate of drug-likeness (QED) is 0.760. The molecule has 0 fully saturated rings. The van der Waals surface area contributed by atoms with Gasteiger partial charge in [0.15, 0.2) is 5.17 Å². The lowest BCUT2D eigenvalue weighted by molar-refractivity contribution is 0.158. The van der Waals surface area contributed by atoms with Crippen molar-refractivity contribution in [3.05, 3.63) is 23.9 Å². The second kappa shape index (κ2) is 6.95. The predicted octanol–water partition coefficient (Wildman–Crippen LogP) is 1.65. The fourth-order valence-corrected chi connectivity index (χ4v) is 1.87. The molecule has 0 radical (unpaired) electrons. The highest BCUT2D eigenvalue weighted by Crippen LogP contribution is 2.26. The Morgan fingerprint density at radius 1 is 1.72 bits per heavy atom. The minimum absolute atomic E-state index is 0.175. The van der Waals surface area contributed by atoms with E-state index in [0.29, 0.717) is 11.8 Å². The van der Waals surface area contributed by atoms with Crippen LogP contribution in [-0.4, -0.2) is 36.0 Å². The summed E-state index contributed by atoms with van der Waals surface area (Å²) in [5, 5.41) is 12.9. The summed E-state index contributed by atoms with van der Waals surface area (Å²) >= 11 is 1.35. The fourth-order valence-electron chi connectivity index (χ4n) is 1.07. The van der Waals surface area contributed by atoms with E-state index in [4.69, 9.17) is 4.74 Å². The topological polar surface area (TPSA) is 66.0 Å². The first-order valence-corrected chi connectivity index (χ1v) is 6.41. The molecule has 1 amide bonds. The number of amides is 1. The molecule has 0 aromatic carbocycles. The van der Waals surface area contributed by atoms with E-state index in [9.17, 15) is 4.79 Å². The van der Waals surface area contributed by atoms with E-state index in [1.165, 1.54) is 11.8 Å². The van der Waals surface area contributed by atoms with Gasteiger partial charge in [-0.3, -0.25) is 10.3 Å². The first-order chi connectivity index (χ1) is 8.56. The molecule has 2 N–H and O–H groups in total. The molecule has 0 aliphatic carbocycles. The number of nitrogens with one attached hydrogen (secondary N) is 2. The highest BCUT2D eigenvalue weighted by molar-refractivity contribution is 8.17. The number of ether oxygens (including phenoxy) is 1. The summed E-state index contributed by atoms with van der Waals surface area (Å²) in [5.74, 6) is 0. The van der Waals surface area contributed by atoms with E-state index < -0.39 is 6.09 Å². The average Bonchev–Trinajstić information content (AvgIpc) is 2.66. The summed E-state index contributed by atoms with van der Waals surface area (Å²) in [5.41, 5.74) is 0. The summed E-state index contributed by atoms with van der Waals surface area (Å²) < 4.78 is 4.78. The Morgan fingerprint density at radius 3 is 3.06 bits per heavy atom. The zero-order valence-electron chi connectivity index (χ0n) is 10.8. The lowest BCUT2D eigenvalue weighted by Gasteiger charge is -2.10. The van der Waals surface area contributed by atoms with Crippen molar-refractivity contribution < 1.29 is 9.53 Å². The van der Waals surface area contributed by atoms with Crippen LogP contribution in [0.1, 0.15) is 13.8 Å². The summed E-state index contributed by atoms with van der Waals surface area (Å²) in [6.45, 7) is 7.76. The Morgan fingerprint density at radius 2 is 2.44 bits per heavy atom. The lowest BCUT2D eigenvalue weighted by atomic mass is 10.3. The molecule has 7 heteroatoms. The van der Waals surface area contributed by atoms with Gasteiger partial charge in [0.1, 0.15) is 5.03 Å². The van der Waals surface area contributed by atoms with Gasteiger partial charge in [0.25, 0.3) is 0 Å². The molecule has 0 bridgehead atoms. The molecule has 0 saturated heterocycles. The van der Waals surface area contributed by atoms with E-state index >= 15 is 0 Å². The van der Waals surface area contributed by atoms with Crippen molar-refractivity contribution in [2.24, 2.45) is 5.10 Å². The number of carbonyl (C=O) groups excluding carboxylic acids is 1. The number of alkyl carbamates (subject to hydrolysis) is 1.